The number of rotatable bonds is 3. The van der Waals surface area contributed by atoms with Crippen LogP contribution in [-0.2, 0) is 10.0 Å². The van der Waals surface area contributed by atoms with Crippen LogP contribution in [0, 0.1) is 6.92 Å². The van der Waals surface area contributed by atoms with Crippen molar-refractivity contribution in [3.8, 4) is 0 Å². The normalized spacial score (nSPS) is 11.4. The quantitative estimate of drug-likeness (QED) is 0.835. The van der Waals surface area contributed by atoms with Gasteiger partial charge >= 0.3 is 0 Å². The zero-order valence-corrected chi connectivity index (χ0v) is 12.6. The highest BCUT2D eigenvalue weighted by atomic mass is 79.9. The van der Waals surface area contributed by atoms with Gasteiger partial charge in [0.1, 0.15) is 0 Å². The minimum atomic E-state index is -3.65. The van der Waals surface area contributed by atoms with E-state index in [1.54, 1.807) is 19.1 Å². The van der Waals surface area contributed by atoms with Crippen LogP contribution in [0.15, 0.2) is 33.1 Å². The van der Waals surface area contributed by atoms with Crippen molar-refractivity contribution in [3.05, 3.63) is 33.7 Å². The van der Waals surface area contributed by atoms with Crippen LogP contribution < -0.4 is 10.5 Å². The average molecular weight is 348 g/mol. The first kappa shape index (κ1) is 13.3. The predicted molar refractivity (Wildman–Crippen MR) is 76.2 cm³/mol. The zero-order valence-electron chi connectivity index (χ0n) is 9.34. The monoisotopic (exact) mass is 347 g/mol. The first-order valence-electron chi connectivity index (χ1n) is 4.88. The molecule has 0 atom stereocenters. The lowest BCUT2D eigenvalue weighted by Crippen LogP contribution is -2.13. The Hall–Kier alpha value is -1.12. The van der Waals surface area contributed by atoms with Crippen molar-refractivity contribution in [1.82, 2.24) is 4.98 Å². The molecule has 8 heteroatoms. The van der Waals surface area contributed by atoms with Crippen molar-refractivity contribution < 1.29 is 8.42 Å². The summed E-state index contributed by atoms with van der Waals surface area (Å²) in [7, 11) is -3.65. The number of aromatic nitrogens is 1. The van der Waals surface area contributed by atoms with Gasteiger partial charge in [-0.3, -0.25) is 4.72 Å². The van der Waals surface area contributed by atoms with Crippen LogP contribution in [0.3, 0.4) is 0 Å². The third kappa shape index (κ3) is 3.01. The molecule has 1 heterocycles. The highest BCUT2D eigenvalue weighted by Crippen LogP contribution is 2.26. The fourth-order valence-electron chi connectivity index (χ4n) is 1.41. The van der Waals surface area contributed by atoms with E-state index >= 15 is 0 Å². The minimum absolute atomic E-state index is 0.131. The van der Waals surface area contributed by atoms with Crippen LogP contribution in [0.5, 0.6) is 0 Å². The topological polar surface area (TPSA) is 85.1 Å². The number of nitrogen functional groups attached to an aromatic ring is 1. The van der Waals surface area contributed by atoms with Crippen LogP contribution in [-0.4, -0.2) is 13.4 Å². The van der Waals surface area contributed by atoms with Gasteiger partial charge in [0.25, 0.3) is 10.0 Å². The Kier molecular flexibility index (Phi) is 3.60. The van der Waals surface area contributed by atoms with Crippen molar-refractivity contribution in [1.29, 1.82) is 0 Å². The van der Waals surface area contributed by atoms with E-state index in [9.17, 15) is 8.42 Å². The van der Waals surface area contributed by atoms with E-state index in [-0.39, 0.29) is 4.90 Å². The maximum atomic E-state index is 12.1. The second kappa shape index (κ2) is 4.87. The zero-order chi connectivity index (χ0) is 13.3. The Bertz CT molecular complexity index is 662. The molecule has 5 nitrogen and oxygen atoms in total. The maximum absolute atomic E-state index is 12.1. The summed E-state index contributed by atoms with van der Waals surface area (Å²) >= 11 is 4.42. The Morgan fingerprint density at radius 3 is 2.67 bits per heavy atom. The number of nitrogens with zero attached hydrogens (tertiary/aromatic N) is 1. The van der Waals surface area contributed by atoms with E-state index < -0.39 is 10.0 Å². The summed E-state index contributed by atoms with van der Waals surface area (Å²) < 4.78 is 27.4. The number of hydrogen-bond donors (Lipinski definition) is 2. The summed E-state index contributed by atoms with van der Waals surface area (Å²) in [6.07, 6.45) is 1.53. The summed E-state index contributed by atoms with van der Waals surface area (Å²) in [6, 6.07) is 4.68. The fourth-order valence-corrected chi connectivity index (χ4v) is 3.89. The van der Waals surface area contributed by atoms with Crippen LogP contribution >= 0.6 is 27.3 Å². The SMILES string of the molecule is Cc1cc(N)cc(S(=O)(=O)Nc2ncc(Br)s2)c1. The van der Waals surface area contributed by atoms with Crippen LogP contribution in [0.1, 0.15) is 5.56 Å². The standard InChI is InChI=1S/C10H10BrN3O2S2/c1-6-2-7(12)4-8(3-6)18(15,16)14-10-13-5-9(11)17-10/h2-5H,12H2,1H3,(H,13,14). The van der Waals surface area contributed by atoms with E-state index in [4.69, 9.17) is 5.73 Å². The van der Waals surface area contributed by atoms with Crippen molar-refractivity contribution >= 4 is 48.1 Å². The molecule has 2 aromatic rings. The van der Waals surface area contributed by atoms with Gasteiger partial charge in [-0.2, -0.15) is 0 Å². The third-order valence-corrected chi connectivity index (χ3v) is 4.92. The first-order chi connectivity index (χ1) is 8.37. The summed E-state index contributed by atoms with van der Waals surface area (Å²) in [6.45, 7) is 1.79. The van der Waals surface area contributed by atoms with Crippen LogP contribution in [0.4, 0.5) is 10.8 Å². The lowest BCUT2D eigenvalue weighted by atomic mass is 10.2. The van der Waals surface area contributed by atoms with E-state index in [2.05, 4.69) is 25.6 Å². The molecule has 2 rings (SSSR count). The summed E-state index contributed by atoms with van der Waals surface area (Å²) in [5.74, 6) is 0. The molecule has 18 heavy (non-hydrogen) atoms. The van der Waals surface area contributed by atoms with Gasteiger partial charge in [-0.1, -0.05) is 11.3 Å². The molecule has 0 fully saturated rings. The molecular formula is C10H10BrN3O2S2. The molecule has 0 bridgehead atoms. The van der Waals surface area contributed by atoms with Gasteiger partial charge in [0, 0.05) is 5.69 Å². The third-order valence-electron chi connectivity index (χ3n) is 2.08. The number of nitrogens with two attached hydrogens (primary N) is 1. The van der Waals surface area contributed by atoms with E-state index in [1.165, 1.54) is 23.6 Å². The van der Waals surface area contributed by atoms with Crippen molar-refractivity contribution in [2.24, 2.45) is 0 Å². The largest absolute Gasteiger partial charge is 0.399 e. The first-order valence-corrected chi connectivity index (χ1v) is 7.97. The second-order valence-electron chi connectivity index (χ2n) is 3.65. The number of halogens is 1. The summed E-state index contributed by atoms with van der Waals surface area (Å²) in [4.78, 5) is 4.05. The summed E-state index contributed by atoms with van der Waals surface area (Å²) in [5.41, 5.74) is 6.84. The highest BCUT2D eigenvalue weighted by Gasteiger charge is 2.16. The molecule has 0 aliphatic carbocycles. The van der Waals surface area contributed by atoms with Gasteiger partial charge in [0.05, 0.1) is 14.9 Å². The van der Waals surface area contributed by atoms with E-state index in [0.717, 1.165) is 9.35 Å². The van der Waals surface area contributed by atoms with Gasteiger partial charge in [-0.05, 0) is 46.6 Å². The molecule has 0 amide bonds. The van der Waals surface area contributed by atoms with Crippen molar-refractivity contribution in [3.63, 3.8) is 0 Å². The highest BCUT2D eigenvalue weighted by molar-refractivity contribution is 9.11. The van der Waals surface area contributed by atoms with Gasteiger partial charge in [0.15, 0.2) is 5.13 Å². The Morgan fingerprint density at radius 1 is 1.39 bits per heavy atom. The Labute approximate surface area is 117 Å². The molecule has 1 aromatic heterocycles. The minimum Gasteiger partial charge on any atom is -0.399 e. The number of aryl methyl sites for hydroxylation is 1. The fraction of sp³-hybridized carbons (Fsp3) is 0.100. The molecule has 0 spiro atoms. The van der Waals surface area contributed by atoms with Crippen molar-refractivity contribution in [2.75, 3.05) is 10.5 Å². The van der Waals surface area contributed by atoms with Gasteiger partial charge < -0.3 is 5.73 Å². The molecule has 0 unspecified atom stereocenters. The number of sulfonamides is 1. The molecule has 0 saturated heterocycles. The Morgan fingerprint density at radius 2 is 2.11 bits per heavy atom. The van der Waals surface area contributed by atoms with Gasteiger partial charge in [0.2, 0.25) is 0 Å². The lowest BCUT2D eigenvalue weighted by Gasteiger charge is -2.07. The molecule has 1 aromatic carbocycles. The van der Waals surface area contributed by atoms with E-state index in [0.29, 0.717) is 10.8 Å². The second-order valence-corrected chi connectivity index (χ2v) is 7.75. The smallest absolute Gasteiger partial charge is 0.263 e. The number of benzene rings is 1. The molecule has 3 N–H and O–H groups in total. The predicted octanol–water partition coefficient (Wildman–Crippen LogP) is 2.60. The number of nitrogens with one attached hydrogen (secondary N) is 1. The maximum Gasteiger partial charge on any atom is 0.263 e. The molecule has 0 radical (unpaired) electrons. The number of hydrogen-bond acceptors (Lipinski definition) is 5. The average Bonchev–Trinajstić information content (AvgIpc) is 2.61. The van der Waals surface area contributed by atoms with Crippen LogP contribution in [0.2, 0.25) is 0 Å². The van der Waals surface area contributed by atoms with E-state index in [1.807, 2.05) is 0 Å². The molecular weight excluding hydrogens is 338 g/mol. The number of thiazole rings is 1. The number of anilines is 2. The molecule has 0 saturated carbocycles. The molecule has 96 valence electrons. The Balaban J connectivity index is 2.36. The molecule has 0 aliphatic rings. The van der Waals surface area contributed by atoms with Gasteiger partial charge in [-0.15, -0.1) is 0 Å². The van der Waals surface area contributed by atoms with Gasteiger partial charge in [-0.25, -0.2) is 13.4 Å². The molecule has 0 aliphatic heterocycles. The lowest BCUT2D eigenvalue weighted by molar-refractivity contribution is 0.601. The van der Waals surface area contributed by atoms with Crippen molar-refractivity contribution in [2.45, 2.75) is 11.8 Å². The summed E-state index contributed by atoms with van der Waals surface area (Å²) in [5, 5.41) is 0.307. The van der Waals surface area contributed by atoms with Crippen LogP contribution in [0.25, 0.3) is 0 Å².